The molecule has 0 saturated heterocycles. The summed E-state index contributed by atoms with van der Waals surface area (Å²) in [6, 6.07) is 3.61. The second-order valence-electron chi connectivity index (χ2n) is 1.62. The fourth-order valence-corrected chi connectivity index (χ4v) is 0.635. The zero-order valence-corrected chi connectivity index (χ0v) is 7.81. The molecule has 3 heteroatoms. The van der Waals surface area contributed by atoms with Gasteiger partial charge in [0.15, 0.2) is 0 Å². The van der Waals surface area contributed by atoms with Gasteiger partial charge in [0.05, 0.1) is 11.9 Å². The van der Waals surface area contributed by atoms with Gasteiger partial charge >= 0.3 is 0 Å². The van der Waals surface area contributed by atoms with E-state index in [9.17, 15) is 0 Å². The highest BCUT2D eigenvalue weighted by atomic mass is 35.5. The third-order valence-corrected chi connectivity index (χ3v) is 1.24. The Kier molecular flexibility index (Phi) is 5.57. The van der Waals surface area contributed by atoms with Crippen molar-refractivity contribution in [3.05, 3.63) is 23.5 Å². The predicted octanol–water partition coefficient (Wildman–Crippen LogP) is 2.80. The molecule has 1 rings (SSSR count). The second-order valence-corrected chi connectivity index (χ2v) is 2.01. The van der Waals surface area contributed by atoms with Gasteiger partial charge in [0.1, 0.15) is 5.15 Å². The Morgan fingerprint density at radius 1 is 1.36 bits per heavy atom. The number of halogens is 1. The zero-order valence-electron chi connectivity index (χ0n) is 7.06. The fraction of sp³-hybridized carbons (Fsp3) is 0.375. The molecular formula is C8H13ClN2. The van der Waals surface area contributed by atoms with Crippen LogP contribution in [0.15, 0.2) is 18.3 Å². The second kappa shape index (κ2) is 5.98. The molecule has 1 N–H and O–H groups in total. The maximum absolute atomic E-state index is 5.53. The summed E-state index contributed by atoms with van der Waals surface area (Å²) in [5, 5.41) is 3.46. The van der Waals surface area contributed by atoms with Gasteiger partial charge < -0.3 is 5.32 Å². The lowest BCUT2D eigenvalue weighted by Gasteiger charge is -1.95. The first kappa shape index (κ1) is 10.2. The van der Waals surface area contributed by atoms with Gasteiger partial charge in [-0.1, -0.05) is 25.4 Å². The number of nitrogens with one attached hydrogen (secondary N) is 1. The lowest BCUT2D eigenvalue weighted by Crippen LogP contribution is -1.87. The molecule has 0 aromatic carbocycles. The Hall–Kier alpha value is -0.760. The Bertz CT molecular complexity index is 184. The average Bonchev–Trinajstić information content (AvgIpc) is 2.10. The van der Waals surface area contributed by atoms with E-state index in [4.69, 9.17) is 11.6 Å². The number of anilines is 1. The van der Waals surface area contributed by atoms with Gasteiger partial charge in [-0.3, -0.25) is 0 Å². The van der Waals surface area contributed by atoms with E-state index in [2.05, 4.69) is 10.3 Å². The molecule has 0 saturated carbocycles. The number of rotatable bonds is 1. The molecule has 0 atom stereocenters. The monoisotopic (exact) mass is 172 g/mol. The predicted molar refractivity (Wildman–Crippen MR) is 50.1 cm³/mol. The molecule has 0 aliphatic rings. The molecule has 0 aliphatic carbocycles. The number of aromatic nitrogens is 1. The van der Waals surface area contributed by atoms with Crippen molar-refractivity contribution in [1.82, 2.24) is 4.98 Å². The van der Waals surface area contributed by atoms with Crippen LogP contribution in [-0.4, -0.2) is 12.0 Å². The molecule has 62 valence electrons. The molecule has 0 aliphatic heterocycles. The van der Waals surface area contributed by atoms with E-state index in [-0.39, 0.29) is 0 Å². The number of nitrogens with zero attached hydrogens (tertiary/aromatic N) is 1. The van der Waals surface area contributed by atoms with E-state index in [1.54, 1.807) is 12.3 Å². The van der Waals surface area contributed by atoms with Crippen molar-refractivity contribution in [2.75, 3.05) is 12.4 Å². The molecule has 0 spiro atoms. The Morgan fingerprint density at radius 3 is 2.36 bits per heavy atom. The van der Waals surface area contributed by atoms with Crippen LogP contribution < -0.4 is 5.32 Å². The maximum Gasteiger partial charge on any atom is 0.129 e. The molecule has 0 fully saturated rings. The van der Waals surface area contributed by atoms with Crippen LogP contribution in [0, 0.1) is 0 Å². The van der Waals surface area contributed by atoms with Crippen molar-refractivity contribution in [2.45, 2.75) is 13.8 Å². The van der Waals surface area contributed by atoms with Crippen LogP contribution in [0.5, 0.6) is 0 Å². The summed E-state index contributed by atoms with van der Waals surface area (Å²) in [5.74, 6) is 0. The Morgan fingerprint density at radius 2 is 2.00 bits per heavy atom. The van der Waals surface area contributed by atoms with Gasteiger partial charge in [-0.2, -0.15) is 0 Å². The highest BCUT2D eigenvalue weighted by Gasteiger charge is 1.86. The molecule has 0 unspecified atom stereocenters. The first-order chi connectivity index (χ1) is 5.33. The minimum Gasteiger partial charge on any atom is -0.387 e. The van der Waals surface area contributed by atoms with E-state index < -0.39 is 0 Å². The van der Waals surface area contributed by atoms with E-state index in [1.165, 1.54) is 0 Å². The van der Waals surface area contributed by atoms with Gasteiger partial charge in [0.2, 0.25) is 0 Å². The highest BCUT2D eigenvalue weighted by molar-refractivity contribution is 6.29. The van der Waals surface area contributed by atoms with Crippen LogP contribution in [0.25, 0.3) is 0 Å². The molecule has 0 amide bonds. The largest absolute Gasteiger partial charge is 0.387 e. The van der Waals surface area contributed by atoms with Crippen molar-refractivity contribution >= 4 is 17.3 Å². The van der Waals surface area contributed by atoms with Crippen molar-refractivity contribution in [2.24, 2.45) is 0 Å². The van der Waals surface area contributed by atoms with Gasteiger partial charge in [-0.05, 0) is 12.1 Å². The summed E-state index contributed by atoms with van der Waals surface area (Å²) >= 11 is 5.53. The zero-order chi connectivity index (χ0) is 8.69. The minimum atomic E-state index is 0.522. The van der Waals surface area contributed by atoms with E-state index in [0.717, 1.165) is 5.69 Å². The van der Waals surface area contributed by atoms with Gasteiger partial charge in [0.25, 0.3) is 0 Å². The molecule has 11 heavy (non-hydrogen) atoms. The summed E-state index contributed by atoms with van der Waals surface area (Å²) in [4.78, 5) is 3.85. The maximum atomic E-state index is 5.53. The van der Waals surface area contributed by atoms with Gasteiger partial charge in [0, 0.05) is 7.05 Å². The fourth-order valence-electron chi connectivity index (χ4n) is 0.524. The van der Waals surface area contributed by atoms with Crippen LogP contribution in [0.1, 0.15) is 13.8 Å². The lowest BCUT2D eigenvalue weighted by atomic mass is 10.4. The van der Waals surface area contributed by atoms with Gasteiger partial charge in [-0.15, -0.1) is 0 Å². The summed E-state index contributed by atoms with van der Waals surface area (Å²) < 4.78 is 0. The van der Waals surface area contributed by atoms with Crippen molar-refractivity contribution in [3.63, 3.8) is 0 Å². The number of hydrogen-bond donors (Lipinski definition) is 1. The summed E-state index contributed by atoms with van der Waals surface area (Å²) in [7, 11) is 1.84. The van der Waals surface area contributed by atoms with Crippen molar-refractivity contribution in [1.29, 1.82) is 0 Å². The van der Waals surface area contributed by atoms with Crippen molar-refractivity contribution < 1.29 is 0 Å². The first-order valence-electron chi connectivity index (χ1n) is 3.62. The molecular weight excluding hydrogens is 160 g/mol. The summed E-state index contributed by atoms with van der Waals surface area (Å²) in [5.41, 5.74) is 0.972. The van der Waals surface area contributed by atoms with E-state index >= 15 is 0 Å². The highest BCUT2D eigenvalue weighted by Crippen LogP contribution is 2.07. The lowest BCUT2D eigenvalue weighted by molar-refractivity contribution is 1.31. The number of pyridine rings is 1. The topological polar surface area (TPSA) is 24.9 Å². The molecule has 1 aromatic heterocycles. The standard InChI is InChI=1S/C6H7ClN2.C2H6/c1-8-5-2-3-6(7)9-4-5;1-2/h2-4,8H,1H3;1-2H3. The van der Waals surface area contributed by atoms with Gasteiger partial charge in [-0.25, -0.2) is 4.98 Å². The quantitative estimate of drug-likeness (QED) is 0.659. The third-order valence-electron chi connectivity index (χ3n) is 1.02. The molecule has 0 radical (unpaired) electrons. The van der Waals surface area contributed by atoms with Crippen molar-refractivity contribution in [3.8, 4) is 0 Å². The molecule has 1 heterocycles. The normalized spacial score (nSPS) is 8.00. The third kappa shape index (κ3) is 3.83. The van der Waals surface area contributed by atoms with Crippen LogP contribution in [0.4, 0.5) is 5.69 Å². The minimum absolute atomic E-state index is 0.522. The first-order valence-corrected chi connectivity index (χ1v) is 4.00. The SMILES string of the molecule is CC.CNc1ccc(Cl)nc1. The summed E-state index contributed by atoms with van der Waals surface area (Å²) in [6.07, 6.45) is 1.68. The average molecular weight is 173 g/mol. The Labute approximate surface area is 72.6 Å². The smallest absolute Gasteiger partial charge is 0.129 e. The van der Waals surface area contributed by atoms with Crippen LogP contribution in [0.3, 0.4) is 0 Å². The summed E-state index contributed by atoms with van der Waals surface area (Å²) in [6.45, 7) is 4.00. The van der Waals surface area contributed by atoms with E-state index in [0.29, 0.717) is 5.15 Å². The molecule has 1 aromatic rings. The van der Waals surface area contributed by atoms with Crippen LogP contribution in [-0.2, 0) is 0 Å². The van der Waals surface area contributed by atoms with Crippen LogP contribution in [0.2, 0.25) is 5.15 Å². The van der Waals surface area contributed by atoms with E-state index in [1.807, 2.05) is 27.0 Å². The molecule has 2 nitrogen and oxygen atoms in total. The molecule has 0 bridgehead atoms. The Balaban J connectivity index is 0.000000461. The van der Waals surface area contributed by atoms with Crippen LogP contribution >= 0.6 is 11.6 Å². The number of hydrogen-bond acceptors (Lipinski definition) is 2.